The fourth-order valence-electron chi connectivity index (χ4n) is 4.10. The van der Waals surface area contributed by atoms with Gasteiger partial charge >= 0.3 is 6.18 Å². The van der Waals surface area contributed by atoms with Crippen LogP contribution in [0.1, 0.15) is 25.2 Å². The van der Waals surface area contributed by atoms with E-state index >= 15 is 0 Å². The lowest BCUT2D eigenvalue weighted by Crippen LogP contribution is -2.59. The highest BCUT2D eigenvalue weighted by molar-refractivity contribution is 7.88. The van der Waals surface area contributed by atoms with E-state index in [0.717, 1.165) is 21.5 Å². The van der Waals surface area contributed by atoms with Gasteiger partial charge in [0.15, 0.2) is 11.6 Å². The van der Waals surface area contributed by atoms with Gasteiger partial charge in [-0.2, -0.15) is 27.4 Å². The van der Waals surface area contributed by atoms with Crippen molar-refractivity contribution < 1.29 is 30.7 Å². The van der Waals surface area contributed by atoms with Crippen LogP contribution >= 0.6 is 0 Å². The first kappa shape index (κ1) is 31.8. The Hall–Kier alpha value is -3.70. The first-order valence-electron chi connectivity index (χ1n) is 12.4. The molecule has 3 N–H and O–H groups in total. The number of ether oxygens (including phenoxy) is 1. The van der Waals surface area contributed by atoms with Crippen molar-refractivity contribution in [3.8, 4) is 17.3 Å². The molecule has 17 heteroatoms. The number of nitrogens with zero attached hydrogens (tertiary/aromatic N) is 7. The second kappa shape index (κ2) is 12.9. The summed E-state index contributed by atoms with van der Waals surface area (Å²) in [5.41, 5.74) is 6.63. The number of pyridine rings is 2. The molecule has 224 valence electrons. The lowest BCUT2D eigenvalue weighted by Gasteiger charge is -2.41. The van der Waals surface area contributed by atoms with Crippen molar-refractivity contribution in [2.75, 3.05) is 44.1 Å². The van der Waals surface area contributed by atoms with E-state index in [4.69, 9.17) is 10.5 Å². The average molecular weight is 602 g/mol. The largest absolute Gasteiger partial charge is 0.479 e. The topological polar surface area (TPSA) is 152 Å². The van der Waals surface area contributed by atoms with Crippen LogP contribution in [-0.4, -0.2) is 87.8 Å². The van der Waals surface area contributed by atoms with Gasteiger partial charge in [0.2, 0.25) is 21.9 Å². The molecule has 1 unspecified atom stereocenters. The maximum atomic E-state index is 14.2. The van der Waals surface area contributed by atoms with E-state index in [1.54, 1.807) is 6.92 Å². The molecule has 0 bridgehead atoms. The van der Waals surface area contributed by atoms with Gasteiger partial charge in [-0.1, -0.05) is 13.8 Å². The fraction of sp³-hybridized carbons (Fsp3) is 0.458. The van der Waals surface area contributed by atoms with E-state index in [0.29, 0.717) is 11.4 Å². The molecule has 3 aromatic rings. The first-order valence-corrected chi connectivity index (χ1v) is 14.3. The van der Waals surface area contributed by atoms with E-state index in [9.17, 15) is 26.0 Å². The number of nitrogen functional groups attached to an aromatic ring is 1. The van der Waals surface area contributed by atoms with Crippen LogP contribution in [-0.2, 0) is 16.6 Å². The van der Waals surface area contributed by atoms with Crippen molar-refractivity contribution in [2.24, 2.45) is 0 Å². The highest BCUT2D eigenvalue weighted by atomic mass is 32.2. The summed E-state index contributed by atoms with van der Waals surface area (Å²) < 4.78 is 85.3. The maximum absolute atomic E-state index is 14.2. The maximum Gasteiger partial charge on any atom is 0.405 e. The Morgan fingerprint density at radius 2 is 1.83 bits per heavy atom. The van der Waals surface area contributed by atoms with Gasteiger partial charge in [-0.05, 0) is 18.6 Å². The molecular weight excluding hydrogens is 570 g/mol. The minimum atomic E-state index is -4.67. The molecule has 0 aliphatic carbocycles. The normalized spacial score (nSPS) is 16.6. The number of sulfonamides is 1. The lowest BCUT2D eigenvalue weighted by molar-refractivity contribution is -0.194. The van der Waals surface area contributed by atoms with Gasteiger partial charge in [0.1, 0.15) is 17.7 Å². The lowest BCUT2D eigenvalue weighted by atomic mass is 10.1. The summed E-state index contributed by atoms with van der Waals surface area (Å²) in [6.07, 6.45) is -1.13. The molecule has 41 heavy (non-hydrogen) atoms. The predicted octanol–water partition coefficient (Wildman–Crippen LogP) is 3.14. The number of hydrogen-bond acceptors (Lipinski definition) is 11. The Balaban J connectivity index is 0.00000226. The quantitative estimate of drug-likeness (QED) is 0.384. The molecule has 0 radical (unpaired) electrons. The first-order chi connectivity index (χ1) is 19.2. The second-order valence-corrected chi connectivity index (χ2v) is 10.8. The molecule has 1 aliphatic rings. The molecule has 1 aliphatic heterocycles. The van der Waals surface area contributed by atoms with Crippen molar-refractivity contribution in [2.45, 2.75) is 39.5 Å². The predicted molar refractivity (Wildman–Crippen MR) is 144 cm³/mol. The van der Waals surface area contributed by atoms with Crippen LogP contribution in [0.5, 0.6) is 5.88 Å². The number of halogens is 4. The van der Waals surface area contributed by atoms with Gasteiger partial charge < -0.3 is 15.8 Å². The minimum Gasteiger partial charge on any atom is -0.479 e. The molecule has 0 spiro atoms. The fourth-order valence-corrected chi connectivity index (χ4v) is 4.92. The summed E-state index contributed by atoms with van der Waals surface area (Å²) in [5, 5.41) is 2.91. The summed E-state index contributed by atoms with van der Waals surface area (Å²) >= 11 is 0. The zero-order chi connectivity index (χ0) is 30.5. The van der Waals surface area contributed by atoms with Crippen LogP contribution < -0.4 is 15.8 Å². The number of alkyl halides is 3. The van der Waals surface area contributed by atoms with Crippen LogP contribution in [0.3, 0.4) is 0 Å². The third-order valence-electron chi connectivity index (χ3n) is 5.90. The van der Waals surface area contributed by atoms with Crippen LogP contribution in [0, 0.1) is 12.7 Å². The standard InChI is InChI=1S/C22H25F4N9O3S.C2H6/c1-12-30-19(33-21(27)31-12)15-6-13(8-28-18(15)32-14-7-16(23)20(38-2)29-9-14)10-34-4-5-35(39(3,36)37)11-17(34)22(24,25)26;1-2/h6-9,17H,4-5,10-11H2,1-3H3,(H,28,32)(H2,27,30,31,33);1-2H3. The van der Waals surface area contributed by atoms with Crippen molar-refractivity contribution in [3.63, 3.8) is 0 Å². The molecule has 1 fully saturated rings. The van der Waals surface area contributed by atoms with Gasteiger partial charge in [0.05, 0.1) is 30.8 Å². The van der Waals surface area contributed by atoms with Gasteiger partial charge in [-0.15, -0.1) is 0 Å². The van der Waals surface area contributed by atoms with Crippen molar-refractivity contribution >= 4 is 27.5 Å². The number of aromatic nitrogens is 5. The van der Waals surface area contributed by atoms with E-state index in [1.807, 2.05) is 13.8 Å². The minimum absolute atomic E-state index is 0.0833. The molecular formula is C24H31F4N9O3S. The summed E-state index contributed by atoms with van der Waals surface area (Å²) in [5.74, 6) is -0.481. The number of hydrogen-bond donors (Lipinski definition) is 2. The average Bonchev–Trinajstić information content (AvgIpc) is 2.89. The van der Waals surface area contributed by atoms with Crippen molar-refractivity contribution in [3.05, 3.63) is 41.7 Å². The van der Waals surface area contributed by atoms with Crippen LogP contribution in [0.15, 0.2) is 24.5 Å². The van der Waals surface area contributed by atoms with Gasteiger partial charge in [0, 0.05) is 38.4 Å². The Kier molecular flexibility index (Phi) is 9.98. The third-order valence-corrected chi connectivity index (χ3v) is 7.17. The number of aryl methyl sites for hydroxylation is 1. The summed E-state index contributed by atoms with van der Waals surface area (Å²) in [6.45, 7) is 4.43. The molecule has 12 nitrogen and oxygen atoms in total. The number of piperazine rings is 1. The zero-order valence-electron chi connectivity index (χ0n) is 23.1. The zero-order valence-corrected chi connectivity index (χ0v) is 23.9. The molecule has 4 heterocycles. The molecule has 4 rings (SSSR count). The summed E-state index contributed by atoms with van der Waals surface area (Å²) in [6, 6.07) is 0.645. The molecule has 0 saturated carbocycles. The molecule has 1 atom stereocenters. The van der Waals surface area contributed by atoms with Crippen molar-refractivity contribution in [1.29, 1.82) is 0 Å². The third kappa shape index (κ3) is 7.95. The number of rotatable bonds is 7. The monoisotopic (exact) mass is 601 g/mol. The molecule has 1 saturated heterocycles. The summed E-state index contributed by atoms with van der Waals surface area (Å²) in [7, 11) is -2.52. The Labute approximate surface area is 235 Å². The van der Waals surface area contributed by atoms with Crippen molar-refractivity contribution in [1.82, 2.24) is 34.1 Å². The highest BCUT2D eigenvalue weighted by Crippen LogP contribution is 2.32. The number of nitrogens with one attached hydrogen (secondary N) is 1. The van der Waals surface area contributed by atoms with E-state index in [1.165, 1.54) is 25.6 Å². The van der Waals surface area contributed by atoms with Gasteiger partial charge in [0.25, 0.3) is 0 Å². The molecule has 0 aromatic carbocycles. The Morgan fingerprint density at radius 1 is 1.12 bits per heavy atom. The Bertz CT molecular complexity index is 1450. The Morgan fingerprint density at radius 3 is 2.41 bits per heavy atom. The van der Waals surface area contributed by atoms with Crippen LogP contribution in [0.4, 0.5) is 35.0 Å². The van der Waals surface area contributed by atoms with Gasteiger partial charge in [-0.25, -0.2) is 27.8 Å². The van der Waals surface area contributed by atoms with E-state index < -0.39 is 34.6 Å². The van der Waals surface area contributed by atoms with E-state index in [-0.39, 0.29) is 54.4 Å². The second-order valence-electron chi connectivity index (χ2n) is 8.79. The molecule has 3 aromatic heterocycles. The van der Waals surface area contributed by atoms with Crippen LogP contribution in [0.2, 0.25) is 0 Å². The number of nitrogens with two attached hydrogens (primary N) is 1. The molecule has 0 amide bonds. The summed E-state index contributed by atoms with van der Waals surface area (Å²) in [4.78, 5) is 21.7. The SMILES string of the molecule is CC.COc1ncc(Nc2ncc(CN3CCN(S(C)(=O)=O)CC3C(F)(F)F)cc2-c2nc(C)nc(N)n2)cc1F. The van der Waals surface area contributed by atoms with E-state index in [2.05, 4.69) is 30.2 Å². The highest BCUT2D eigenvalue weighted by Gasteiger charge is 2.47. The van der Waals surface area contributed by atoms with Gasteiger partial charge in [-0.3, -0.25) is 4.90 Å². The number of anilines is 3. The smallest absolute Gasteiger partial charge is 0.405 e. The van der Waals surface area contributed by atoms with Crippen LogP contribution in [0.25, 0.3) is 11.4 Å². The number of methoxy groups -OCH3 is 1.